The van der Waals surface area contributed by atoms with Crippen molar-refractivity contribution in [1.29, 1.82) is 0 Å². The Labute approximate surface area is 185 Å². The van der Waals surface area contributed by atoms with Crippen LogP contribution in [0.15, 0.2) is 59.4 Å². The summed E-state index contributed by atoms with van der Waals surface area (Å²) in [5.74, 6) is 1.94. The van der Waals surface area contributed by atoms with Crippen LogP contribution in [-0.2, 0) is 11.3 Å². The number of nitrogens with one attached hydrogen (secondary N) is 1. The highest BCUT2D eigenvalue weighted by Gasteiger charge is 2.12. The molecule has 0 radical (unpaired) electrons. The Hall–Kier alpha value is -4.01. The third kappa shape index (κ3) is 5.57. The lowest BCUT2D eigenvalue weighted by molar-refractivity contribution is -0.123. The van der Waals surface area contributed by atoms with Crippen molar-refractivity contribution in [3.63, 3.8) is 0 Å². The van der Waals surface area contributed by atoms with Gasteiger partial charge in [-0.3, -0.25) is 9.59 Å². The first-order valence-corrected chi connectivity index (χ1v) is 9.88. The maximum absolute atomic E-state index is 12.2. The van der Waals surface area contributed by atoms with E-state index in [-0.39, 0.29) is 31.2 Å². The fraction of sp³-hybridized carbons (Fsp3) is 0.261. The molecule has 0 fully saturated rings. The fourth-order valence-corrected chi connectivity index (χ4v) is 3.00. The summed E-state index contributed by atoms with van der Waals surface area (Å²) in [6.07, 6.45) is 0. The van der Waals surface area contributed by atoms with Crippen LogP contribution in [0.5, 0.6) is 23.0 Å². The maximum Gasteiger partial charge on any atom is 0.266 e. The molecule has 0 atom stereocenters. The van der Waals surface area contributed by atoms with E-state index < -0.39 is 0 Å². The largest absolute Gasteiger partial charge is 0.497 e. The molecule has 168 valence electrons. The smallest absolute Gasteiger partial charge is 0.266 e. The molecule has 9 heteroatoms. The van der Waals surface area contributed by atoms with Gasteiger partial charge in [-0.2, -0.15) is 5.10 Å². The molecule has 1 N–H and O–H groups in total. The lowest BCUT2D eigenvalue weighted by Crippen LogP contribution is -2.34. The third-order valence-electron chi connectivity index (χ3n) is 4.62. The molecule has 3 aromatic rings. The molecule has 1 heterocycles. The standard InChI is InChI=1S/C23H25N3O6/c1-29-16-8-10-19(30-2)17(14-16)18-9-11-23(28)26(25-18)13-12-24-22(27)15-32-21-7-5-4-6-20(21)31-3/h4-11,14H,12-13,15H2,1-3H3,(H,24,27). The first kappa shape index (κ1) is 22.7. The highest BCUT2D eigenvalue weighted by atomic mass is 16.5. The van der Waals surface area contributed by atoms with Crippen LogP contribution in [0.2, 0.25) is 0 Å². The van der Waals surface area contributed by atoms with Gasteiger partial charge in [0.1, 0.15) is 11.5 Å². The third-order valence-corrected chi connectivity index (χ3v) is 4.62. The van der Waals surface area contributed by atoms with Crippen molar-refractivity contribution in [2.75, 3.05) is 34.5 Å². The first-order chi connectivity index (χ1) is 15.5. The van der Waals surface area contributed by atoms with Gasteiger partial charge >= 0.3 is 0 Å². The maximum atomic E-state index is 12.2. The number of amides is 1. The summed E-state index contributed by atoms with van der Waals surface area (Å²) in [5.41, 5.74) is 0.955. The van der Waals surface area contributed by atoms with E-state index in [2.05, 4.69) is 10.4 Å². The molecular weight excluding hydrogens is 414 g/mol. The predicted molar refractivity (Wildman–Crippen MR) is 119 cm³/mol. The Morgan fingerprint density at radius 1 is 0.938 bits per heavy atom. The number of benzene rings is 2. The quantitative estimate of drug-likeness (QED) is 0.516. The Kier molecular flexibility index (Phi) is 7.69. The van der Waals surface area contributed by atoms with Crippen molar-refractivity contribution in [2.24, 2.45) is 0 Å². The number of carbonyl (C=O) groups excluding carboxylic acids is 1. The van der Waals surface area contributed by atoms with Crippen molar-refractivity contribution in [2.45, 2.75) is 6.54 Å². The Morgan fingerprint density at radius 2 is 1.69 bits per heavy atom. The van der Waals surface area contributed by atoms with Crippen LogP contribution in [0.4, 0.5) is 0 Å². The molecule has 1 aromatic heterocycles. The van der Waals surface area contributed by atoms with Gasteiger partial charge in [0.2, 0.25) is 0 Å². The van der Waals surface area contributed by atoms with E-state index in [9.17, 15) is 9.59 Å². The number of rotatable bonds is 10. The summed E-state index contributed by atoms with van der Waals surface area (Å²) < 4.78 is 22.6. The highest BCUT2D eigenvalue weighted by molar-refractivity contribution is 5.77. The van der Waals surface area contributed by atoms with Crippen molar-refractivity contribution in [1.82, 2.24) is 15.1 Å². The lowest BCUT2D eigenvalue weighted by atomic mass is 10.1. The number of aromatic nitrogens is 2. The van der Waals surface area contributed by atoms with Gasteiger partial charge in [0.05, 0.1) is 33.6 Å². The molecule has 3 rings (SSSR count). The summed E-state index contributed by atoms with van der Waals surface area (Å²) >= 11 is 0. The summed E-state index contributed by atoms with van der Waals surface area (Å²) in [6.45, 7) is 0.225. The molecule has 0 aliphatic rings. The number of methoxy groups -OCH3 is 3. The minimum absolute atomic E-state index is 0.177. The summed E-state index contributed by atoms with van der Waals surface area (Å²) in [4.78, 5) is 24.3. The normalized spacial score (nSPS) is 10.3. The second kappa shape index (κ2) is 10.9. The molecule has 2 aromatic carbocycles. The zero-order valence-corrected chi connectivity index (χ0v) is 18.2. The zero-order valence-electron chi connectivity index (χ0n) is 18.2. The van der Waals surface area contributed by atoms with Gasteiger partial charge in [-0.15, -0.1) is 0 Å². The van der Waals surface area contributed by atoms with E-state index in [4.69, 9.17) is 18.9 Å². The van der Waals surface area contributed by atoms with Crippen LogP contribution in [0, 0.1) is 0 Å². The monoisotopic (exact) mass is 439 g/mol. The van der Waals surface area contributed by atoms with Crippen LogP contribution in [0.1, 0.15) is 0 Å². The molecule has 0 saturated heterocycles. The van der Waals surface area contributed by atoms with Crippen molar-refractivity contribution < 1.29 is 23.7 Å². The van der Waals surface area contributed by atoms with Crippen LogP contribution >= 0.6 is 0 Å². The molecular formula is C23H25N3O6. The van der Waals surface area contributed by atoms with Gasteiger partial charge in [0, 0.05) is 18.2 Å². The second-order valence-electron chi connectivity index (χ2n) is 6.64. The van der Waals surface area contributed by atoms with E-state index >= 15 is 0 Å². The summed E-state index contributed by atoms with van der Waals surface area (Å²) in [7, 11) is 4.66. The average Bonchev–Trinajstić information content (AvgIpc) is 2.83. The molecule has 0 aliphatic heterocycles. The van der Waals surface area contributed by atoms with E-state index in [1.807, 2.05) is 6.07 Å². The van der Waals surface area contributed by atoms with Crippen LogP contribution in [-0.4, -0.2) is 50.2 Å². The minimum atomic E-state index is -0.324. The Bertz CT molecular complexity index is 1130. The van der Waals surface area contributed by atoms with Crippen molar-refractivity contribution in [3.8, 4) is 34.3 Å². The number of nitrogens with zero attached hydrogens (tertiary/aromatic N) is 2. The highest BCUT2D eigenvalue weighted by Crippen LogP contribution is 2.31. The van der Waals surface area contributed by atoms with E-state index in [1.165, 1.54) is 17.9 Å². The molecule has 0 spiro atoms. The van der Waals surface area contributed by atoms with E-state index in [1.54, 1.807) is 56.7 Å². The SMILES string of the molecule is COc1ccc(OC)c(-c2ccc(=O)n(CCNC(=O)COc3ccccc3OC)n2)c1. The second-order valence-corrected chi connectivity index (χ2v) is 6.64. The van der Waals surface area contributed by atoms with Crippen molar-refractivity contribution >= 4 is 5.91 Å². The van der Waals surface area contributed by atoms with Gasteiger partial charge in [-0.25, -0.2) is 4.68 Å². The average molecular weight is 439 g/mol. The predicted octanol–water partition coefficient (Wildman–Crippen LogP) is 2.13. The summed E-state index contributed by atoms with van der Waals surface area (Å²) in [5, 5.41) is 7.13. The van der Waals surface area contributed by atoms with Crippen LogP contribution < -0.4 is 29.8 Å². The minimum Gasteiger partial charge on any atom is -0.497 e. The number of para-hydroxylation sites is 2. The van der Waals surface area contributed by atoms with E-state index in [0.717, 1.165) is 0 Å². The number of hydrogen-bond acceptors (Lipinski definition) is 7. The van der Waals surface area contributed by atoms with Gasteiger partial charge in [-0.05, 0) is 36.4 Å². The van der Waals surface area contributed by atoms with Crippen molar-refractivity contribution in [3.05, 3.63) is 65.0 Å². The van der Waals surface area contributed by atoms with E-state index in [0.29, 0.717) is 34.3 Å². The number of ether oxygens (including phenoxy) is 4. The van der Waals surface area contributed by atoms with Crippen LogP contribution in [0.25, 0.3) is 11.3 Å². The fourth-order valence-electron chi connectivity index (χ4n) is 3.00. The molecule has 9 nitrogen and oxygen atoms in total. The Balaban J connectivity index is 1.62. The zero-order chi connectivity index (χ0) is 22.9. The first-order valence-electron chi connectivity index (χ1n) is 9.88. The topological polar surface area (TPSA) is 101 Å². The number of carbonyl (C=O) groups is 1. The summed E-state index contributed by atoms with van der Waals surface area (Å²) in [6, 6.07) is 15.4. The van der Waals surface area contributed by atoms with Crippen LogP contribution in [0.3, 0.4) is 0 Å². The Morgan fingerprint density at radius 3 is 2.41 bits per heavy atom. The molecule has 0 saturated carbocycles. The van der Waals surface area contributed by atoms with Gasteiger partial charge in [-0.1, -0.05) is 12.1 Å². The molecule has 0 unspecified atom stereocenters. The van der Waals surface area contributed by atoms with Gasteiger partial charge in [0.25, 0.3) is 11.5 Å². The molecule has 0 aliphatic carbocycles. The molecule has 0 bridgehead atoms. The van der Waals surface area contributed by atoms with Gasteiger partial charge in [0.15, 0.2) is 18.1 Å². The molecule has 1 amide bonds. The molecule has 32 heavy (non-hydrogen) atoms. The number of hydrogen-bond donors (Lipinski definition) is 1. The van der Waals surface area contributed by atoms with Gasteiger partial charge < -0.3 is 24.3 Å². The lowest BCUT2D eigenvalue weighted by Gasteiger charge is -2.12.